The van der Waals surface area contributed by atoms with E-state index in [2.05, 4.69) is 4.98 Å². The first-order chi connectivity index (χ1) is 15.6. The van der Waals surface area contributed by atoms with Gasteiger partial charge in [-0.3, -0.25) is 4.79 Å². The number of ether oxygens (including phenoxy) is 2. The number of esters is 1. The third-order valence-electron chi connectivity index (χ3n) is 5.85. The number of hydrogen-bond donors (Lipinski definition) is 0. The molecule has 3 rings (SSSR count). The molecule has 1 aliphatic heterocycles. The summed E-state index contributed by atoms with van der Waals surface area (Å²) in [5.41, 5.74) is -2.07. The van der Waals surface area contributed by atoms with E-state index in [1.807, 2.05) is 27.7 Å². The van der Waals surface area contributed by atoms with Crippen LogP contribution in [0.15, 0.2) is 23.3 Å². The van der Waals surface area contributed by atoms with Crippen molar-refractivity contribution >= 4 is 35.7 Å². The summed E-state index contributed by atoms with van der Waals surface area (Å²) >= 11 is 0. The SMILES string of the molecule is CCOC(=O)c1cn(N(C)C(=O)OC(C)(C)C)c2ncc(B3OC(C)(C)C(C)(C)O3)cc2c1=O. The van der Waals surface area contributed by atoms with E-state index in [4.69, 9.17) is 18.8 Å². The van der Waals surface area contributed by atoms with E-state index in [1.54, 1.807) is 33.8 Å². The number of carbonyl (C=O) groups is 2. The number of aromatic nitrogens is 2. The minimum atomic E-state index is -0.804. The molecule has 1 fully saturated rings. The monoisotopic (exact) mass is 473 g/mol. The van der Waals surface area contributed by atoms with Crippen molar-refractivity contribution in [3.05, 3.63) is 34.2 Å². The fourth-order valence-corrected chi connectivity index (χ4v) is 3.32. The maximum absolute atomic E-state index is 13.3. The Morgan fingerprint density at radius 2 is 1.76 bits per heavy atom. The molecule has 0 aromatic carbocycles. The molecule has 0 radical (unpaired) electrons. The molecule has 11 heteroatoms. The Kier molecular flexibility index (Phi) is 6.58. The third-order valence-corrected chi connectivity index (χ3v) is 5.85. The van der Waals surface area contributed by atoms with Crippen LogP contribution in [0.25, 0.3) is 11.0 Å². The van der Waals surface area contributed by atoms with Gasteiger partial charge in [-0.05, 0) is 61.5 Å². The van der Waals surface area contributed by atoms with Gasteiger partial charge in [0, 0.05) is 24.9 Å². The number of pyridine rings is 2. The van der Waals surface area contributed by atoms with Gasteiger partial charge in [-0.2, -0.15) is 0 Å². The Balaban J connectivity index is 2.17. The molecule has 0 aliphatic carbocycles. The lowest BCUT2D eigenvalue weighted by atomic mass is 9.80. The molecule has 3 heterocycles. The van der Waals surface area contributed by atoms with Gasteiger partial charge in [0.1, 0.15) is 11.2 Å². The quantitative estimate of drug-likeness (QED) is 0.492. The average Bonchev–Trinajstić information content (AvgIpc) is 2.93. The molecule has 10 nitrogen and oxygen atoms in total. The molecule has 34 heavy (non-hydrogen) atoms. The molecule has 2 aromatic rings. The van der Waals surface area contributed by atoms with E-state index < -0.39 is 41.4 Å². The normalized spacial score (nSPS) is 17.0. The van der Waals surface area contributed by atoms with Crippen molar-refractivity contribution in [2.24, 2.45) is 0 Å². The maximum Gasteiger partial charge on any atom is 0.496 e. The van der Waals surface area contributed by atoms with Crippen molar-refractivity contribution < 1.29 is 28.4 Å². The summed E-state index contributed by atoms with van der Waals surface area (Å²) in [6.07, 6.45) is 2.06. The number of hydrogen-bond acceptors (Lipinski definition) is 8. The van der Waals surface area contributed by atoms with Crippen LogP contribution < -0.4 is 15.9 Å². The van der Waals surface area contributed by atoms with Crippen LogP contribution in [0.2, 0.25) is 0 Å². The Bertz CT molecular complexity index is 1170. The summed E-state index contributed by atoms with van der Waals surface area (Å²) in [5, 5.41) is 1.24. The summed E-state index contributed by atoms with van der Waals surface area (Å²) in [6.45, 7) is 14.6. The summed E-state index contributed by atoms with van der Waals surface area (Å²) in [7, 11) is 0.695. The van der Waals surface area contributed by atoms with Gasteiger partial charge in [0.25, 0.3) is 0 Å². The van der Waals surface area contributed by atoms with Crippen LogP contribution in [0, 0.1) is 0 Å². The van der Waals surface area contributed by atoms with E-state index in [0.29, 0.717) is 5.46 Å². The minimum absolute atomic E-state index is 0.0877. The Morgan fingerprint density at radius 1 is 1.18 bits per heavy atom. The second kappa shape index (κ2) is 8.70. The van der Waals surface area contributed by atoms with E-state index in [-0.39, 0.29) is 23.2 Å². The molecule has 0 atom stereocenters. The molecule has 2 aromatic heterocycles. The molecule has 1 amide bonds. The number of carbonyl (C=O) groups excluding carboxylic acids is 2. The van der Waals surface area contributed by atoms with Gasteiger partial charge in [0.15, 0.2) is 5.65 Å². The second-order valence-corrected chi connectivity index (χ2v) is 10.2. The van der Waals surface area contributed by atoms with Crippen molar-refractivity contribution in [3.8, 4) is 0 Å². The van der Waals surface area contributed by atoms with E-state index >= 15 is 0 Å². The van der Waals surface area contributed by atoms with Crippen LogP contribution in [-0.2, 0) is 18.8 Å². The zero-order chi connectivity index (χ0) is 25.6. The number of rotatable bonds is 4. The molecule has 0 saturated carbocycles. The number of amides is 1. The topological polar surface area (TPSA) is 109 Å². The lowest BCUT2D eigenvalue weighted by molar-refractivity contribution is 0.00578. The molecule has 0 spiro atoms. The zero-order valence-electron chi connectivity index (χ0n) is 21.2. The van der Waals surface area contributed by atoms with Gasteiger partial charge in [0.2, 0.25) is 5.43 Å². The Hall–Kier alpha value is -2.92. The highest BCUT2D eigenvalue weighted by Gasteiger charge is 2.52. The fourth-order valence-electron chi connectivity index (χ4n) is 3.32. The van der Waals surface area contributed by atoms with Crippen molar-refractivity contribution in [1.29, 1.82) is 0 Å². The Morgan fingerprint density at radius 3 is 2.29 bits per heavy atom. The first kappa shape index (κ1) is 25.7. The highest BCUT2D eigenvalue weighted by molar-refractivity contribution is 6.62. The highest BCUT2D eigenvalue weighted by Crippen LogP contribution is 2.36. The lowest BCUT2D eigenvalue weighted by Gasteiger charge is -2.32. The van der Waals surface area contributed by atoms with Crippen LogP contribution in [0.4, 0.5) is 4.79 Å². The summed E-state index contributed by atoms with van der Waals surface area (Å²) in [6, 6.07) is 1.56. The fraction of sp³-hybridized carbons (Fsp3) is 0.565. The van der Waals surface area contributed by atoms with Crippen LogP contribution in [0.3, 0.4) is 0 Å². The maximum atomic E-state index is 13.3. The van der Waals surface area contributed by atoms with E-state index in [9.17, 15) is 14.4 Å². The standard InChI is InChI=1S/C23H32BN3O7/c1-10-31-19(29)16-13-27(26(9)20(30)32-21(2,3)4)18-15(17(16)28)11-14(12-25-18)24-33-22(5,6)23(7,8)34-24/h11-13H,10H2,1-9H3. The lowest BCUT2D eigenvalue weighted by Crippen LogP contribution is -2.42. The zero-order valence-corrected chi connectivity index (χ0v) is 21.2. The second-order valence-electron chi connectivity index (χ2n) is 10.2. The smallest absolute Gasteiger partial charge is 0.462 e. The first-order valence-corrected chi connectivity index (χ1v) is 11.1. The highest BCUT2D eigenvalue weighted by atomic mass is 16.7. The van der Waals surface area contributed by atoms with Crippen molar-refractivity contribution in [3.63, 3.8) is 0 Å². The molecule has 0 unspecified atom stereocenters. The minimum Gasteiger partial charge on any atom is -0.462 e. The van der Waals surface area contributed by atoms with Crippen molar-refractivity contribution in [2.45, 2.75) is 72.2 Å². The first-order valence-electron chi connectivity index (χ1n) is 11.1. The largest absolute Gasteiger partial charge is 0.496 e. The molecule has 1 aliphatic rings. The number of fused-ring (bicyclic) bond motifs is 1. The third kappa shape index (κ3) is 4.81. The number of nitrogens with zero attached hydrogens (tertiary/aromatic N) is 3. The molecular formula is C23H32BN3O7. The molecule has 1 saturated heterocycles. The van der Waals surface area contributed by atoms with Gasteiger partial charge < -0.3 is 18.8 Å². The van der Waals surface area contributed by atoms with E-state index in [0.717, 1.165) is 5.01 Å². The van der Waals surface area contributed by atoms with E-state index in [1.165, 1.54) is 24.1 Å². The van der Waals surface area contributed by atoms with Crippen LogP contribution in [-0.4, -0.2) is 59.3 Å². The van der Waals surface area contributed by atoms with Gasteiger partial charge in [0.05, 0.1) is 23.2 Å². The van der Waals surface area contributed by atoms with Crippen molar-refractivity contribution in [2.75, 3.05) is 18.7 Å². The summed E-state index contributed by atoms with van der Waals surface area (Å²) in [4.78, 5) is 43.0. The molecule has 0 N–H and O–H groups in total. The van der Waals surface area contributed by atoms with Gasteiger partial charge in [-0.25, -0.2) is 24.3 Å². The molecular weight excluding hydrogens is 441 g/mol. The van der Waals surface area contributed by atoms with Crippen LogP contribution in [0.5, 0.6) is 0 Å². The van der Waals surface area contributed by atoms with Crippen LogP contribution >= 0.6 is 0 Å². The van der Waals surface area contributed by atoms with Gasteiger partial charge in [-0.1, -0.05) is 0 Å². The van der Waals surface area contributed by atoms with Crippen LogP contribution in [0.1, 0.15) is 65.7 Å². The summed E-state index contributed by atoms with van der Waals surface area (Å²) in [5.74, 6) is -0.804. The van der Waals surface area contributed by atoms with Crippen molar-refractivity contribution in [1.82, 2.24) is 9.66 Å². The summed E-state index contributed by atoms with van der Waals surface area (Å²) < 4.78 is 24.0. The predicted octanol–water partition coefficient (Wildman–Crippen LogP) is 2.38. The average molecular weight is 473 g/mol. The predicted molar refractivity (Wildman–Crippen MR) is 128 cm³/mol. The Labute approximate surface area is 199 Å². The van der Waals surface area contributed by atoms with Gasteiger partial charge in [-0.15, -0.1) is 0 Å². The van der Waals surface area contributed by atoms with Gasteiger partial charge >= 0.3 is 19.2 Å². The molecule has 0 bridgehead atoms. The molecule has 184 valence electrons.